The van der Waals surface area contributed by atoms with Gasteiger partial charge in [-0.3, -0.25) is 9.59 Å². The van der Waals surface area contributed by atoms with Crippen LogP contribution in [0.2, 0.25) is 0 Å². The third kappa shape index (κ3) is 4.31. The predicted octanol–water partition coefficient (Wildman–Crippen LogP) is 3.09. The maximum Gasteiger partial charge on any atom is 0.310 e. The summed E-state index contributed by atoms with van der Waals surface area (Å²) in [5, 5.41) is 9.38. The molecule has 1 atom stereocenters. The third-order valence-electron chi connectivity index (χ3n) is 4.25. The van der Waals surface area contributed by atoms with Crippen LogP contribution in [0.25, 0.3) is 0 Å². The molecule has 0 saturated carbocycles. The lowest BCUT2D eigenvalue weighted by molar-refractivity contribution is -0.155. The molecule has 1 rings (SSSR count). The summed E-state index contributed by atoms with van der Waals surface area (Å²) < 4.78 is 0. The second-order valence-corrected chi connectivity index (χ2v) is 6.29. The summed E-state index contributed by atoms with van der Waals surface area (Å²) >= 11 is 0. The van der Waals surface area contributed by atoms with Crippen molar-refractivity contribution < 1.29 is 14.7 Å². The van der Waals surface area contributed by atoms with E-state index < -0.39 is 11.4 Å². The Balaban J connectivity index is 2.74. The normalized spacial score (nSPS) is 13.8. The van der Waals surface area contributed by atoms with Gasteiger partial charge < -0.3 is 10.0 Å². The van der Waals surface area contributed by atoms with Crippen LogP contribution in [0, 0.1) is 18.3 Å². The largest absolute Gasteiger partial charge is 0.481 e. The van der Waals surface area contributed by atoms with Gasteiger partial charge in [-0.1, -0.05) is 43.7 Å². The molecule has 4 nitrogen and oxygen atoms in total. The zero-order valence-electron chi connectivity index (χ0n) is 13.5. The van der Waals surface area contributed by atoms with E-state index >= 15 is 0 Å². The van der Waals surface area contributed by atoms with Crippen molar-refractivity contribution >= 4 is 11.9 Å². The summed E-state index contributed by atoms with van der Waals surface area (Å²) in [6.07, 6.45) is 0.0162. The first-order chi connectivity index (χ1) is 9.66. The van der Waals surface area contributed by atoms with Crippen molar-refractivity contribution in [2.24, 2.45) is 11.3 Å². The molecular formula is C17H25NO3. The molecule has 1 unspecified atom stereocenters. The number of hydrogen-bond acceptors (Lipinski definition) is 2. The van der Waals surface area contributed by atoms with Crippen molar-refractivity contribution in [1.29, 1.82) is 0 Å². The molecule has 0 aliphatic rings. The number of nitrogens with zero attached hydrogens (tertiary/aromatic N) is 1. The van der Waals surface area contributed by atoms with E-state index in [0.29, 0.717) is 6.54 Å². The molecule has 4 heteroatoms. The van der Waals surface area contributed by atoms with Crippen LogP contribution in [0.15, 0.2) is 24.3 Å². The Kier molecular flexibility index (Phi) is 5.53. The lowest BCUT2D eigenvalue weighted by Gasteiger charge is -2.30. The number of aryl methyl sites for hydroxylation is 1. The monoisotopic (exact) mass is 291 g/mol. The van der Waals surface area contributed by atoms with Crippen molar-refractivity contribution in [3.05, 3.63) is 35.4 Å². The molecular weight excluding hydrogens is 266 g/mol. The maximum absolute atomic E-state index is 12.3. The van der Waals surface area contributed by atoms with Crippen LogP contribution in [-0.4, -0.2) is 28.9 Å². The highest BCUT2D eigenvalue weighted by atomic mass is 16.4. The molecule has 1 aromatic carbocycles. The number of carboxylic acid groups (broad SMARTS) is 1. The lowest BCUT2D eigenvalue weighted by atomic mass is 9.76. The van der Waals surface area contributed by atoms with Gasteiger partial charge in [0.05, 0.1) is 5.41 Å². The minimum absolute atomic E-state index is 0.0162. The van der Waals surface area contributed by atoms with Crippen molar-refractivity contribution in [3.63, 3.8) is 0 Å². The number of carboxylic acids is 1. The zero-order valence-corrected chi connectivity index (χ0v) is 13.5. The first-order valence-electron chi connectivity index (χ1n) is 7.19. The van der Waals surface area contributed by atoms with Gasteiger partial charge in [0, 0.05) is 20.0 Å². The quantitative estimate of drug-likeness (QED) is 0.876. The molecule has 0 fully saturated rings. The van der Waals surface area contributed by atoms with E-state index in [1.807, 2.05) is 45.0 Å². The Hall–Kier alpha value is -1.84. The van der Waals surface area contributed by atoms with Gasteiger partial charge in [0.1, 0.15) is 0 Å². The highest BCUT2D eigenvalue weighted by molar-refractivity contribution is 5.84. The summed E-state index contributed by atoms with van der Waals surface area (Å²) in [5.74, 6) is -1.17. The standard InChI is InChI=1S/C17H25NO3/c1-12(2)17(4,16(20)21)10-15(19)18(5)11-14-8-6-13(3)7-9-14/h6-9,12H,10-11H2,1-5H3,(H,20,21). The number of hydrogen-bond donors (Lipinski definition) is 1. The minimum atomic E-state index is -1.03. The van der Waals surface area contributed by atoms with Crippen LogP contribution in [0.4, 0.5) is 0 Å². The van der Waals surface area contributed by atoms with Gasteiger partial charge >= 0.3 is 5.97 Å². The summed E-state index contributed by atoms with van der Waals surface area (Å²) in [6, 6.07) is 7.97. The summed E-state index contributed by atoms with van der Waals surface area (Å²) in [4.78, 5) is 25.3. The fraction of sp³-hybridized carbons (Fsp3) is 0.529. The van der Waals surface area contributed by atoms with Crippen LogP contribution in [0.1, 0.15) is 38.3 Å². The van der Waals surface area contributed by atoms with Crippen LogP contribution >= 0.6 is 0 Å². The molecule has 116 valence electrons. The number of benzene rings is 1. The van der Waals surface area contributed by atoms with Crippen LogP contribution in [-0.2, 0) is 16.1 Å². The Morgan fingerprint density at radius 1 is 1.24 bits per heavy atom. The van der Waals surface area contributed by atoms with E-state index in [4.69, 9.17) is 0 Å². The van der Waals surface area contributed by atoms with Crippen LogP contribution < -0.4 is 0 Å². The fourth-order valence-corrected chi connectivity index (χ4v) is 2.03. The molecule has 0 radical (unpaired) electrons. The minimum Gasteiger partial charge on any atom is -0.481 e. The van der Waals surface area contributed by atoms with Gasteiger partial charge in [-0.05, 0) is 25.3 Å². The first kappa shape index (κ1) is 17.2. The van der Waals surface area contributed by atoms with Crippen LogP contribution in [0.3, 0.4) is 0 Å². The number of carbonyl (C=O) groups excluding carboxylic acids is 1. The third-order valence-corrected chi connectivity index (χ3v) is 4.25. The molecule has 1 aromatic rings. The first-order valence-corrected chi connectivity index (χ1v) is 7.19. The SMILES string of the molecule is Cc1ccc(CN(C)C(=O)CC(C)(C(=O)O)C(C)C)cc1. The topological polar surface area (TPSA) is 57.6 Å². The highest BCUT2D eigenvalue weighted by Crippen LogP contribution is 2.32. The van der Waals surface area contributed by atoms with Gasteiger partial charge in [0.15, 0.2) is 0 Å². The Bertz CT molecular complexity index is 507. The molecule has 0 bridgehead atoms. The molecule has 0 aliphatic heterocycles. The second-order valence-electron chi connectivity index (χ2n) is 6.29. The van der Waals surface area contributed by atoms with Crippen LogP contribution in [0.5, 0.6) is 0 Å². The average molecular weight is 291 g/mol. The van der Waals surface area contributed by atoms with Crippen molar-refractivity contribution in [2.45, 2.75) is 40.7 Å². The summed E-state index contributed by atoms with van der Waals surface area (Å²) in [6.45, 7) is 7.81. The molecule has 0 heterocycles. The van der Waals surface area contributed by atoms with Gasteiger partial charge in [-0.2, -0.15) is 0 Å². The number of rotatable bonds is 6. The van der Waals surface area contributed by atoms with E-state index in [-0.39, 0.29) is 18.2 Å². The summed E-state index contributed by atoms with van der Waals surface area (Å²) in [7, 11) is 1.71. The van der Waals surface area contributed by atoms with E-state index in [0.717, 1.165) is 5.56 Å². The van der Waals surface area contributed by atoms with Crippen molar-refractivity contribution in [3.8, 4) is 0 Å². The molecule has 0 spiro atoms. The molecule has 0 saturated heterocycles. The highest BCUT2D eigenvalue weighted by Gasteiger charge is 2.39. The maximum atomic E-state index is 12.3. The smallest absolute Gasteiger partial charge is 0.310 e. The van der Waals surface area contributed by atoms with E-state index in [9.17, 15) is 14.7 Å². The Morgan fingerprint density at radius 2 is 1.76 bits per heavy atom. The Morgan fingerprint density at radius 3 is 2.19 bits per heavy atom. The summed E-state index contributed by atoms with van der Waals surface area (Å²) in [5.41, 5.74) is 1.18. The van der Waals surface area contributed by atoms with E-state index in [2.05, 4.69) is 0 Å². The molecule has 1 amide bonds. The lowest BCUT2D eigenvalue weighted by Crippen LogP contribution is -2.39. The van der Waals surface area contributed by atoms with Gasteiger partial charge in [0.25, 0.3) is 0 Å². The molecule has 21 heavy (non-hydrogen) atoms. The van der Waals surface area contributed by atoms with Crippen molar-refractivity contribution in [1.82, 2.24) is 4.90 Å². The van der Waals surface area contributed by atoms with E-state index in [1.54, 1.807) is 18.9 Å². The second kappa shape index (κ2) is 6.74. The van der Waals surface area contributed by atoms with Gasteiger partial charge in [-0.15, -0.1) is 0 Å². The van der Waals surface area contributed by atoms with Crippen molar-refractivity contribution in [2.75, 3.05) is 7.05 Å². The molecule has 1 N–H and O–H groups in total. The Labute approximate surface area is 126 Å². The zero-order chi connectivity index (χ0) is 16.2. The average Bonchev–Trinajstić information content (AvgIpc) is 2.40. The number of aliphatic carboxylic acids is 1. The molecule has 0 aliphatic carbocycles. The fourth-order valence-electron chi connectivity index (χ4n) is 2.03. The van der Waals surface area contributed by atoms with Gasteiger partial charge in [0.2, 0.25) is 5.91 Å². The number of carbonyl (C=O) groups is 2. The predicted molar refractivity (Wildman–Crippen MR) is 82.9 cm³/mol. The van der Waals surface area contributed by atoms with E-state index in [1.165, 1.54) is 5.56 Å². The van der Waals surface area contributed by atoms with Gasteiger partial charge in [-0.25, -0.2) is 0 Å². The number of amides is 1. The molecule has 0 aromatic heterocycles.